The van der Waals surface area contributed by atoms with Crippen molar-refractivity contribution in [3.05, 3.63) is 89.6 Å². The lowest BCUT2D eigenvalue weighted by molar-refractivity contribution is -0.665. The minimum Gasteiger partial charge on any atom is -0.198 e. The van der Waals surface area contributed by atoms with Gasteiger partial charge in [-0.25, -0.2) is 0 Å². The molecule has 4 aromatic rings. The molecule has 3 aromatic carbocycles. The van der Waals surface area contributed by atoms with Crippen molar-refractivity contribution in [2.75, 3.05) is 0 Å². The quantitative estimate of drug-likeness (QED) is 0.332. The van der Waals surface area contributed by atoms with Gasteiger partial charge in [0, 0.05) is 13.0 Å². The normalized spacial score (nSPS) is 12.3. The standard InChI is InChI=1S/C28H30N/c1-6-19(2)23-14-15-26-25(17-23)16-21(4)29(5)28(26)27-18-24(13-12-20(27)3)22-10-8-7-9-11-22/h7-19H,6H2,1-5H3/q+1. The summed E-state index contributed by atoms with van der Waals surface area (Å²) in [7, 11) is 2.18. The molecule has 0 saturated carbocycles. The zero-order valence-electron chi connectivity index (χ0n) is 18.2. The summed E-state index contributed by atoms with van der Waals surface area (Å²) in [5.41, 5.74) is 9.12. The van der Waals surface area contributed by atoms with Crippen molar-refractivity contribution in [3.8, 4) is 22.4 Å². The first-order valence-corrected chi connectivity index (χ1v) is 10.6. The Balaban J connectivity index is 1.97. The Hall–Kier alpha value is -2.93. The number of hydrogen-bond acceptors (Lipinski definition) is 0. The van der Waals surface area contributed by atoms with Crippen molar-refractivity contribution in [2.45, 2.75) is 40.0 Å². The van der Waals surface area contributed by atoms with E-state index in [1.165, 1.54) is 50.0 Å². The second-order valence-corrected chi connectivity index (χ2v) is 8.25. The highest BCUT2D eigenvalue weighted by Crippen LogP contribution is 2.33. The molecule has 0 radical (unpaired) electrons. The average Bonchev–Trinajstić information content (AvgIpc) is 2.75. The Morgan fingerprint density at radius 1 is 0.828 bits per heavy atom. The van der Waals surface area contributed by atoms with Gasteiger partial charge in [-0.05, 0) is 59.0 Å². The second kappa shape index (κ2) is 7.83. The molecule has 29 heavy (non-hydrogen) atoms. The van der Waals surface area contributed by atoms with Gasteiger partial charge in [0.05, 0.1) is 10.9 Å². The fourth-order valence-corrected chi connectivity index (χ4v) is 4.15. The van der Waals surface area contributed by atoms with E-state index >= 15 is 0 Å². The molecule has 0 fully saturated rings. The van der Waals surface area contributed by atoms with Crippen LogP contribution in [0.1, 0.15) is 43.0 Å². The first kappa shape index (κ1) is 19.4. The molecule has 0 aliphatic carbocycles. The van der Waals surface area contributed by atoms with Gasteiger partial charge >= 0.3 is 0 Å². The van der Waals surface area contributed by atoms with Crippen LogP contribution in [0.3, 0.4) is 0 Å². The lowest BCUT2D eigenvalue weighted by Gasteiger charge is -2.14. The second-order valence-electron chi connectivity index (χ2n) is 8.25. The molecule has 0 aliphatic rings. The van der Waals surface area contributed by atoms with Gasteiger partial charge in [0.1, 0.15) is 7.05 Å². The van der Waals surface area contributed by atoms with E-state index in [9.17, 15) is 0 Å². The summed E-state index contributed by atoms with van der Waals surface area (Å²) >= 11 is 0. The first-order chi connectivity index (χ1) is 14.0. The van der Waals surface area contributed by atoms with E-state index in [4.69, 9.17) is 0 Å². The SMILES string of the molecule is CCC(C)c1ccc2c(-c3cc(-c4ccccc4)ccc3C)[n+](C)c(C)cc2c1. The summed E-state index contributed by atoms with van der Waals surface area (Å²) < 4.78 is 2.34. The predicted molar refractivity (Wildman–Crippen MR) is 124 cm³/mol. The van der Waals surface area contributed by atoms with Gasteiger partial charge in [-0.1, -0.05) is 68.4 Å². The largest absolute Gasteiger partial charge is 0.220 e. The lowest BCUT2D eigenvalue weighted by atomic mass is 9.92. The molecule has 0 N–H and O–H groups in total. The van der Waals surface area contributed by atoms with E-state index in [0.717, 1.165) is 6.42 Å². The van der Waals surface area contributed by atoms with Gasteiger partial charge in [-0.15, -0.1) is 0 Å². The van der Waals surface area contributed by atoms with Crippen LogP contribution in [0.2, 0.25) is 0 Å². The van der Waals surface area contributed by atoms with E-state index < -0.39 is 0 Å². The topological polar surface area (TPSA) is 3.88 Å². The van der Waals surface area contributed by atoms with Crippen LogP contribution in [0.15, 0.2) is 72.8 Å². The maximum atomic E-state index is 2.39. The molecule has 1 heteroatoms. The summed E-state index contributed by atoms with van der Waals surface area (Å²) in [6.07, 6.45) is 1.16. The van der Waals surface area contributed by atoms with Crippen LogP contribution in [0.5, 0.6) is 0 Å². The number of benzene rings is 3. The van der Waals surface area contributed by atoms with Crippen molar-refractivity contribution in [3.63, 3.8) is 0 Å². The van der Waals surface area contributed by atoms with Crippen molar-refractivity contribution in [2.24, 2.45) is 7.05 Å². The van der Waals surface area contributed by atoms with Crippen LogP contribution in [0.4, 0.5) is 0 Å². The van der Waals surface area contributed by atoms with E-state index in [1.807, 2.05) is 0 Å². The van der Waals surface area contributed by atoms with Gasteiger partial charge in [-0.2, -0.15) is 4.57 Å². The summed E-state index contributed by atoms with van der Waals surface area (Å²) in [5.74, 6) is 0.584. The fraction of sp³-hybridized carbons (Fsp3) is 0.250. The smallest absolute Gasteiger partial charge is 0.198 e. The average molecular weight is 381 g/mol. The molecule has 1 aromatic heterocycles. The van der Waals surface area contributed by atoms with Crippen LogP contribution < -0.4 is 4.57 Å². The number of pyridine rings is 1. The Morgan fingerprint density at radius 2 is 1.59 bits per heavy atom. The maximum Gasteiger partial charge on any atom is 0.220 e. The van der Waals surface area contributed by atoms with Crippen LogP contribution >= 0.6 is 0 Å². The van der Waals surface area contributed by atoms with Gasteiger partial charge in [0.2, 0.25) is 5.69 Å². The van der Waals surface area contributed by atoms with Gasteiger partial charge in [0.15, 0.2) is 5.69 Å². The molecule has 1 heterocycles. The number of aryl methyl sites for hydroxylation is 2. The molecule has 1 atom stereocenters. The van der Waals surface area contributed by atoms with Crippen molar-refractivity contribution >= 4 is 10.8 Å². The van der Waals surface area contributed by atoms with Crippen LogP contribution in [-0.4, -0.2) is 0 Å². The third-order valence-electron chi connectivity index (χ3n) is 6.34. The highest BCUT2D eigenvalue weighted by atomic mass is 14.9. The lowest BCUT2D eigenvalue weighted by Crippen LogP contribution is -2.35. The van der Waals surface area contributed by atoms with Gasteiger partial charge in [-0.3, -0.25) is 0 Å². The highest BCUT2D eigenvalue weighted by Gasteiger charge is 2.21. The van der Waals surface area contributed by atoms with Crippen LogP contribution in [-0.2, 0) is 7.05 Å². The molecule has 0 bridgehead atoms. The van der Waals surface area contributed by atoms with E-state index in [2.05, 4.69) is 112 Å². The van der Waals surface area contributed by atoms with E-state index in [1.54, 1.807) is 0 Å². The molecule has 1 unspecified atom stereocenters. The van der Waals surface area contributed by atoms with Crippen molar-refractivity contribution in [1.29, 1.82) is 0 Å². The maximum absolute atomic E-state index is 2.39. The molecule has 0 spiro atoms. The number of nitrogens with zero attached hydrogens (tertiary/aromatic N) is 1. The number of rotatable bonds is 4. The first-order valence-electron chi connectivity index (χ1n) is 10.6. The molecular formula is C28H30N+. The molecule has 4 rings (SSSR count). The van der Waals surface area contributed by atoms with Crippen molar-refractivity contribution < 1.29 is 4.57 Å². The summed E-state index contributed by atoms with van der Waals surface area (Å²) in [5, 5.41) is 2.65. The Bertz CT molecular complexity index is 1170. The molecule has 0 saturated heterocycles. The molecule has 0 aliphatic heterocycles. The van der Waals surface area contributed by atoms with Crippen molar-refractivity contribution in [1.82, 2.24) is 0 Å². The van der Waals surface area contributed by atoms with Gasteiger partial charge < -0.3 is 0 Å². The molecule has 1 nitrogen and oxygen atoms in total. The monoisotopic (exact) mass is 380 g/mol. The zero-order chi connectivity index (χ0) is 20.5. The third kappa shape index (κ3) is 3.58. The summed E-state index contributed by atoms with van der Waals surface area (Å²) in [4.78, 5) is 0. The van der Waals surface area contributed by atoms with Crippen LogP contribution in [0, 0.1) is 13.8 Å². The minimum absolute atomic E-state index is 0.584. The Morgan fingerprint density at radius 3 is 2.31 bits per heavy atom. The fourth-order valence-electron chi connectivity index (χ4n) is 4.15. The van der Waals surface area contributed by atoms with Crippen LogP contribution in [0.25, 0.3) is 33.2 Å². The number of aromatic nitrogens is 1. The number of hydrogen-bond donors (Lipinski definition) is 0. The minimum atomic E-state index is 0.584. The molecule has 146 valence electrons. The van der Waals surface area contributed by atoms with E-state index in [-0.39, 0.29) is 0 Å². The zero-order valence-corrected chi connectivity index (χ0v) is 18.2. The Kier molecular flexibility index (Phi) is 5.24. The highest BCUT2D eigenvalue weighted by molar-refractivity contribution is 5.95. The number of fused-ring (bicyclic) bond motifs is 1. The van der Waals surface area contributed by atoms with Gasteiger partial charge in [0.25, 0.3) is 0 Å². The summed E-state index contributed by atoms with van der Waals surface area (Å²) in [6, 6.07) is 26.8. The summed E-state index contributed by atoms with van der Waals surface area (Å²) in [6.45, 7) is 8.99. The molecule has 0 amide bonds. The Labute approximate surface area is 174 Å². The predicted octanol–water partition coefficient (Wildman–Crippen LogP) is 7.13. The molecular weight excluding hydrogens is 350 g/mol. The van der Waals surface area contributed by atoms with E-state index in [0.29, 0.717) is 5.92 Å². The third-order valence-corrected chi connectivity index (χ3v) is 6.34.